The molecule has 0 amide bonds. The summed E-state index contributed by atoms with van der Waals surface area (Å²) < 4.78 is 27.0. The zero-order valence-corrected chi connectivity index (χ0v) is 12.5. The average molecular weight is 306 g/mol. The van der Waals surface area contributed by atoms with Crippen molar-refractivity contribution >= 4 is 17.2 Å². The second kappa shape index (κ2) is 6.74. The maximum Gasteiger partial charge on any atom is 0.127 e. The monoisotopic (exact) mass is 306 g/mol. The van der Waals surface area contributed by atoms with Crippen LogP contribution in [0.15, 0.2) is 42.5 Å². The fraction of sp³-hybridized carbons (Fsp3) is 0.188. The Morgan fingerprint density at radius 2 is 1.76 bits per heavy atom. The van der Waals surface area contributed by atoms with Crippen LogP contribution in [0, 0.1) is 11.6 Å². The van der Waals surface area contributed by atoms with E-state index in [9.17, 15) is 8.78 Å². The maximum atomic E-state index is 13.6. The predicted molar refractivity (Wildman–Crippen MR) is 83.9 cm³/mol. The Kier molecular flexibility index (Phi) is 4.98. The van der Waals surface area contributed by atoms with Crippen LogP contribution in [0.1, 0.15) is 16.7 Å². The average Bonchev–Trinajstić information content (AvgIpc) is 2.41. The van der Waals surface area contributed by atoms with E-state index in [1.807, 2.05) is 11.9 Å². The van der Waals surface area contributed by atoms with Crippen molar-refractivity contribution in [1.82, 2.24) is 4.90 Å². The Labute approximate surface area is 128 Å². The fourth-order valence-electron chi connectivity index (χ4n) is 2.20. The lowest BCUT2D eigenvalue weighted by atomic mass is 10.1. The van der Waals surface area contributed by atoms with Crippen molar-refractivity contribution in [2.24, 2.45) is 5.73 Å². The van der Waals surface area contributed by atoms with Gasteiger partial charge in [0, 0.05) is 24.2 Å². The number of benzene rings is 2. The molecule has 0 saturated heterocycles. The highest BCUT2D eigenvalue weighted by Crippen LogP contribution is 2.16. The molecule has 21 heavy (non-hydrogen) atoms. The van der Waals surface area contributed by atoms with Crippen LogP contribution in [-0.4, -0.2) is 16.9 Å². The molecule has 0 aliphatic rings. The minimum atomic E-state index is -0.343. The summed E-state index contributed by atoms with van der Waals surface area (Å²) in [4.78, 5) is 2.11. The van der Waals surface area contributed by atoms with Gasteiger partial charge in [-0.15, -0.1) is 0 Å². The van der Waals surface area contributed by atoms with Gasteiger partial charge in [-0.2, -0.15) is 0 Å². The van der Waals surface area contributed by atoms with Gasteiger partial charge in [0.25, 0.3) is 0 Å². The van der Waals surface area contributed by atoms with E-state index >= 15 is 0 Å². The number of nitrogens with two attached hydrogens (primary N) is 1. The van der Waals surface area contributed by atoms with Gasteiger partial charge in [0.15, 0.2) is 0 Å². The third-order valence-electron chi connectivity index (χ3n) is 3.17. The highest BCUT2D eigenvalue weighted by Gasteiger charge is 2.11. The molecule has 0 saturated carbocycles. The van der Waals surface area contributed by atoms with Gasteiger partial charge in [0.2, 0.25) is 0 Å². The molecule has 0 spiro atoms. The molecule has 2 aromatic carbocycles. The van der Waals surface area contributed by atoms with Crippen molar-refractivity contribution in [3.63, 3.8) is 0 Å². The Morgan fingerprint density at radius 1 is 1.10 bits per heavy atom. The second-order valence-electron chi connectivity index (χ2n) is 4.93. The van der Waals surface area contributed by atoms with Crippen LogP contribution in [0.3, 0.4) is 0 Å². The van der Waals surface area contributed by atoms with Gasteiger partial charge in [-0.05, 0) is 36.9 Å². The number of halogens is 2. The van der Waals surface area contributed by atoms with Gasteiger partial charge in [-0.3, -0.25) is 4.90 Å². The Bertz CT molecular complexity index is 658. The van der Waals surface area contributed by atoms with Crippen molar-refractivity contribution < 1.29 is 8.78 Å². The van der Waals surface area contributed by atoms with Crippen LogP contribution in [0.2, 0.25) is 0 Å². The minimum Gasteiger partial charge on any atom is -0.389 e. The number of nitrogens with zero attached hydrogens (tertiary/aromatic N) is 1. The highest BCUT2D eigenvalue weighted by molar-refractivity contribution is 7.80. The molecule has 0 atom stereocenters. The lowest BCUT2D eigenvalue weighted by Gasteiger charge is -2.19. The van der Waals surface area contributed by atoms with Crippen molar-refractivity contribution in [2.75, 3.05) is 7.05 Å². The molecule has 5 heteroatoms. The molecule has 0 aliphatic heterocycles. The van der Waals surface area contributed by atoms with Gasteiger partial charge >= 0.3 is 0 Å². The van der Waals surface area contributed by atoms with Crippen LogP contribution in [0.5, 0.6) is 0 Å². The molecule has 0 aliphatic carbocycles. The van der Waals surface area contributed by atoms with Crippen molar-refractivity contribution in [3.8, 4) is 0 Å². The Morgan fingerprint density at radius 3 is 2.43 bits per heavy atom. The summed E-state index contributed by atoms with van der Waals surface area (Å²) in [6.45, 7) is 0.846. The number of rotatable bonds is 5. The van der Waals surface area contributed by atoms with Crippen LogP contribution in [-0.2, 0) is 13.1 Å². The Balaban J connectivity index is 2.16. The predicted octanol–water partition coefficient (Wildman–Crippen LogP) is 3.23. The molecule has 0 fully saturated rings. The molecule has 0 radical (unpaired) electrons. The van der Waals surface area contributed by atoms with Crippen LogP contribution >= 0.6 is 12.2 Å². The first-order valence-corrected chi connectivity index (χ1v) is 6.88. The van der Waals surface area contributed by atoms with E-state index in [0.717, 1.165) is 0 Å². The van der Waals surface area contributed by atoms with E-state index in [-0.39, 0.29) is 16.6 Å². The topological polar surface area (TPSA) is 29.3 Å². The van der Waals surface area contributed by atoms with Crippen LogP contribution in [0.4, 0.5) is 8.78 Å². The minimum absolute atomic E-state index is 0.226. The fourth-order valence-corrected chi connectivity index (χ4v) is 2.40. The van der Waals surface area contributed by atoms with Gasteiger partial charge < -0.3 is 5.73 Å². The smallest absolute Gasteiger partial charge is 0.127 e. The van der Waals surface area contributed by atoms with Gasteiger partial charge in [0.1, 0.15) is 16.6 Å². The lowest BCUT2D eigenvalue weighted by Crippen LogP contribution is -2.21. The van der Waals surface area contributed by atoms with Gasteiger partial charge in [0.05, 0.1) is 0 Å². The Hall–Kier alpha value is -1.85. The van der Waals surface area contributed by atoms with E-state index in [1.54, 1.807) is 24.3 Å². The van der Waals surface area contributed by atoms with Crippen LogP contribution in [0.25, 0.3) is 0 Å². The quantitative estimate of drug-likeness (QED) is 0.860. The third-order valence-corrected chi connectivity index (χ3v) is 3.39. The van der Waals surface area contributed by atoms with Crippen molar-refractivity contribution in [1.29, 1.82) is 0 Å². The van der Waals surface area contributed by atoms with Crippen molar-refractivity contribution in [2.45, 2.75) is 13.1 Å². The molecule has 2 aromatic rings. The number of hydrogen-bond acceptors (Lipinski definition) is 2. The molecule has 0 bridgehead atoms. The first kappa shape index (κ1) is 15.5. The van der Waals surface area contributed by atoms with Gasteiger partial charge in [-0.25, -0.2) is 8.78 Å². The molecular formula is C16H16F2N2S. The summed E-state index contributed by atoms with van der Waals surface area (Å²) in [5, 5.41) is 0. The second-order valence-corrected chi connectivity index (χ2v) is 5.37. The molecule has 0 aromatic heterocycles. The zero-order chi connectivity index (χ0) is 15.4. The summed E-state index contributed by atoms with van der Waals surface area (Å²) in [7, 11) is 1.83. The van der Waals surface area contributed by atoms with Gasteiger partial charge in [-0.1, -0.05) is 30.4 Å². The maximum absolute atomic E-state index is 13.6. The van der Waals surface area contributed by atoms with E-state index < -0.39 is 0 Å². The van der Waals surface area contributed by atoms with E-state index in [4.69, 9.17) is 18.0 Å². The molecular weight excluding hydrogens is 290 g/mol. The summed E-state index contributed by atoms with van der Waals surface area (Å²) in [5.41, 5.74) is 7.58. The molecule has 110 valence electrons. The first-order valence-electron chi connectivity index (χ1n) is 6.47. The molecule has 0 unspecified atom stereocenters. The molecule has 2 nitrogen and oxygen atoms in total. The molecule has 2 rings (SSSR count). The third kappa shape index (κ3) is 4.06. The van der Waals surface area contributed by atoms with Crippen LogP contribution < -0.4 is 5.73 Å². The standard InChI is InChI=1S/C16H16F2N2S/c1-20(9-11-4-2-3-5-15(11)18)10-12-8-13(17)6-7-14(12)16(19)21/h2-8H,9-10H2,1H3,(H2,19,21). The lowest BCUT2D eigenvalue weighted by molar-refractivity contribution is 0.313. The first-order chi connectivity index (χ1) is 9.97. The normalized spacial score (nSPS) is 10.9. The van der Waals surface area contributed by atoms with E-state index in [1.165, 1.54) is 18.2 Å². The largest absolute Gasteiger partial charge is 0.389 e. The molecule has 0 heterocycles. The summed E-state index contributed by atoms with van der Waals surface area (Å²) >= 11 is 4.97. The number of hydrogen-bond donors (Lipinski definition) is 1. The van der Waals surface area contributed by atoms with E-state index in [2.05, 4.69) is 0 Å². The SMILES string of the molecule is CN(Cc1ccccc1F)Cc1cc(F)ccc1C(N)=S. The zero-order valence-electron chi connectivity index (χ0n) is 11.6. The summed E-state index contributed by atoms with van der Waals surface area (Å²) in [6.07, 6.45) is 0. The highest BCUT2D eigenvalue weighted by atomic mass is 32.1. The van der Waals surface area contributed by atoms with E-state index in [0.29, 0.717) is 29.8 Å². The molecule has 2 N–H and O–H groups in total. The summed E-state index contributed by atoms with van der Waals surface area (Å²) in [5.74, 6) is -0.595. The summed E-state index contributed by atoms with van der Waals surface area (Å²) in [6, 6.07) is 10.9. The number of thiocarbonyl (C=S) groups is 1. The van der Waals surface area contributed by atoms with Crippen molar-refractivity contribution in [3.05, 3.63) is 70.8 Å².